The van der Waals surface area contributed by atoms with Crippen molar-refractivity contribution in [2.24, 2.45) is 0 Å². The van der Waals surface area contributed by atoms with Gasteiger partial charge in [0.05, 0.1) is 22.3 Å². The van der Waals surface area contributed by atoms with Gasteiger partial charge in [-0.3, -0.25) is 0 Å². The van der Waals surface area contributed by atoms with Gasteiger partial charge in [-0.25, -0.2) is 19.2 Å². The maximum atomic E-state index is 12.9. The third kappa shape index (κ3) is 12.5. The number of benzene rings is 2. The maximum absolute atomic E-state index is 12.9. The number of hydrogen-bond donors (Lipinski definition) is 4. The second kappa shape index (κ2) is 19.3. The van der Waals surface area contributed by atoms with Gasteiger partial charge in [-0.05, 0) is 153 Å². The Hall–Kier alpha value is -4.00. The van der Waals surface area contributed by atoms with Crippen molar-refractivity contribution < 1.29 is 59.0 Å². The molecule has 2 aromatic carbocycles. The molecule has 0 amide bonds. The molecule has 16 heteroatoms. The van der Waals surface area contributed by atoms with Crippen molar-refractivity contribution in [1.82, 2.24) is 20.3 Å². The summed E-state index contributed by atoms with van der Waals surface area (Å²) in [5.74, 6) is -1.93. The number of ether oxygens (including phenoxy) is 4. The fraction of sp³-hybridized carbons (Fsp3) is 0.692. The summed E-state index contributed by atoms with van der Waals surface area (Å²) < 4.78 is 23.1. The van der Waals surface area contributed by atoms with Crippen molar-refractivity contribution in [3.63, 3.8) is 0 Å². The molecule has 4 aliphatic heterocycles. The van der Waals surface area contributed by atoms with Crippen LogP contribution in [0.3, 0.4) is 0 Å². The molecule has 2 aromatic rings. The number of nitrogens with zero attached hydrogens (tertiary/aromatic N) is 4. The molecule has 0 aromatic heterocycles. The van der Waals surface area contributed by atoms with Gasteiger partial charge in [-0.1, -0.05) is 6.07 Å². The van der Waals surface area contributed by atoms with Gasteiger partial charge in [-0.15, -0.1) is 0 Å². The van der Waals surface area contributed by atoms with E-state index < -0.39 is 68.2 Å². The summed E-state index contributed by atoms with van der Waals surface area (Å²) in [5, 5.41) is 47.2. The van der Waals surface area contributed by atoms with Gasteiger partial charge in [-0.2, -0.15) is 20.3 Å². The minimum absolute atomic E-state index is 0.280. The topological polar surface area (TPSA) is 199 Å². The van der Waals surface area contributed by atoms with Crippen LogP contribution in [0.15, 0.2) is 48.5 Å². The molecule has 0 aliphatic carbocycles. The van der Waals surface area contributed by atoms with E-state index in [1.54, 1.807) is 42.5 Å². The minimum atomic E-state index is -0.538. The van der Waals surface area contributed by atoms with Crippen LogP contribution in [0.25, 0.3) is 0 Å². The Morgan fingerprint density at radius 1 is 0.353 bits per heavy atom. The predicted octanol–water partition coefficient (Wildman–Crippen LogP) is 9.64. The van der Waals surface area contributed by atoms with E-state index in [1.165, 1.54) is 26.3 Å². The van der Waals surface area contributed by atoms with E-state index in [0.29, 0.717) is 62.5 Å². The van der Waals surface area contributed by atoms with Crippen LogP contribution in [0.5, 0.6) is 0 Å². The predicted molar refractivity (Wildman–Crippen MR) is 254 cm³/mol. The average molecular weight is 953 g/mol. The molecular weight excluding hydrogens is 873 g/mol. The molecule has 16 nitrogen and oxygen atoms in total. The summed E-state index contributed by atoms with van der Waals surface area (Å²) in [7, 11) is 0. The smallest absolute Gasteiger partial charge is 0.338 e. The second-order valence-electron chi connectivity index (χ2n) is 24.6. The Labute approximate surface area is 403 Å². The highest BCUT2D eigenvalue weighted by Gasteiger charge is 2.50. The Kier molecular flexibility index (Phi) is 15.6. The van der Waals surface area contributed by atoms with E-state index >= 15 is 0 Å². The Balaban J connectivity index is 0.000000254. The number of hydroxylamine groups is 8. The normalized spacial score (nSPS) is 25.0. The van der Waals surface area contributed by atoms with Crippen LogP contribution in [-0.4, -0.2) is 134 Å². The van der Waals surface area contributed by atoms with Gasteiger partial charge in [0.2, 0.25) is 0 Å². The van der Waals surface area contributed by atoms with Crippen LogP contribution < -0.4 is 0 Å². The molecule has 0 atom stereocenters. The average Bonchev–Trinajstić information content (AvgIpc) is 3.19. The Bertz CT molecular complexity index is 1950. The largest absolute Gasteiger partial charge is 0.459 e. The number of piperidine rings is 4. The van der Waals surface area contributed by atoms with E-state index in [1.807, 2.05) is 111 Å². The van der Waals surface area contributed by atoms with Gasteiger partial charge in [0.15, 0.2) is 0 Å². The lowest BCUT2D eigenvalue weighted by Crippen LogP contribution is -2.60. The SMILES string of the molecule is CC1(C)CC(OC(=O)c2ccc(C(=O)OC3CC(C)(C)N(O)C(C)(C)C3)cc2)CC(C)(C)N1O.CC1(C)CC(OC(=O)c2cccc(C(=O)OC3CC(C)(C)N(O)C(C)(C)C3)c2)CC(C)(C)N1O. The quantitative estimate of drug-likeness (QED) is 0.144. The van der Waals surface area contributed by atoms with Crippen LogP contribution in [0.4, 0.5) is 0 Å². The molecule has 0 bridgehead atoms. The zero-order valence-corrected chi connectivity index (χ0v) is 43.4. The Morgan fingerprint density at radius 3 is 0.721 bits per heavy atom. The van der Waals surface area contributed by atoms with Gasteiger partial charge in [0.25, 0.3) is 0 Å². The number of esters is 4. The molecule has 6 rings (SSSR count). The second-order valence-corrected chi connectivity index (χ2v) is 24.6. The van der Waals surface area contributed by atoms with Crippen LogP contribution in [0.2, 0.25) is 0 Å². The van der Waals surface area contributed by atoms with E-state index in [-0.39, 0.29) is 35.5 Å². The molecule has 0 radical (unpaired) electrons. The van der Waals surface area contributed by atoms with Crippen molar-refractivity contribution >= 4 is 23.9 Å². The molecule has 4 heterocycles. The molecule has 4 fully saturated rings. The number of carbonyl (C=O) groups excluding carboxylic acids is 4. The zero-order chi connectivity index (χ0) is 51.4. The van der Waals surface area contributed by atoms with Gasteiger partial charge in [0, 0.05) is 95.7 Å². The van der Waals surface area contributed by atoms with Gasteiger partial charge >= 0.3 is 23.9 Å². The standard InChI is InChI=1S/2C26H40N2O6/c1-23(2)13-19(14-24(3,4)27(23)31)33-21(29)17-9-11-18(12-10-17)22(30)34-20-15-25(5,6)28(32)26(7,8)16-20;1-23(2)13-19(14-24(3,4)27(23)31)33-21(29)17-10-9-11-18(12-17)22(30)34-20-15-25(5,6)28(32)26(7,8)16-20/h2*9-12,19-20,31-32H,13-16H2,1-8H3. The van der Waals surface area contributed by atoms with Crippen molar-refractivity contribution in [2.45, 2.75) is 231 Å². The van der Waals surface area contributed by atoms with Crippen LogP contribution in [0.1, 0.15) is 204 Å². The van der Waals surface area contributed by atoms with Gasteiger partial charge in [0.1, 0.15) is 24.4 Å². The molecule has 4 aliphatic rings. The van der Waals surface area contributed by atoms with E-state index in [0.717, 1.165) is 0 Å². The third-order valence-electron chi connectivity index (χ3n) is 14.2. The van der Waals surface area contributed by atoms with Crippen molar-refractivity contribution in [3.05, 3.63) is 70.8 Å². The summed E-state index contributed by atoms with van der Waals surface area (Å²) in [6.45, 7) is 30.6. The molecule has 4 N–H and O–H groups in total. The highest BCUT2D eigenvalue weighted by Crippen LogP contribution is 2.42. The molecule has 0 spiro atoms. The zero-order valence-electron chi connectivity index (χ0n) is 43.4. The summed E-state index contributed by atoms with van der Waals surface area (Å²) in [4.78, 5) is 51.3. The van der Waals surface area contributed by atoms with Gasteiger partial charge < -0.3 is 39.8 Å². The fourth-order valence-corrected chi connectivity index (χ4v) is 11.4. The van der Waals surface area contributed by atoms with E-state index in [9.17, 15) is 40.0 Å². The van der Waals surface area contributed by atoms with Crippen molar-refractivity contribution in [3.8, 4) is 0 Å². The number of carbonyl (C=O) groups is 4. The first kappa shape index (κ1) is 54.9. The molecule has 0 saturated carbocycles. The summed E-state index contributed by atoms with van der Waals surface area (Å²) in [6, 6.07) is 12.7. The molecular formula is C52H80N4O12. The molecule has 0 unspecified atom stereocenters. The molecule has 68 heavy (non-hydrogen) atoms. The first-order valence-corrected chi connectivity index (χ1v) is 23.9. The lowest BCUT2D eigenvalue weighted by atomic mass is 9.80. The molecule has 4 saturated heterocycles. The van der Waals surface area contributed by atoms with E-state index in [4.69, 9.17) is 18.9 Å². The summed E-state index contributed by atoms with van der Waals surface area (Å²) >= 11 is 0. The molecule has 380 valence electrons. The highest BCUT2D eigenvalue weighted by atomic mass is 16.6. The van der Waals surface area contributed by atoms with Crippen LogP contribution >= 0.6 is 0 Å². The number of rotatable bonds is 8. The first-order valence-electron chi connectivity index (χ1n) is 23.9. The summed E-state index contributed by atoms with van der Waals surface area (Å²) in [6.07, 6.45) is 2.69. The highest BCUT2D eigenvalue weighted by molar-refractivity contribution is 5.95. The fourth-order valence-electron chi connectivity index (χ4n) is 11.4. The lowest BCUT2D eigenvalue weighted by Gasteiger charge is -2.50. The monoisotopic (exact) mass is 953 g/mol. The van der Waals surface area contributed by atoms with Crippen LogP contribution in [-0.2, 0) is 18.9 Å². The minimum Gasteiger partial charge on any atom is -0.459 e. The van der Waals surface area contributed by atoms with Crippen molar-refractivity contribution in [1.29, 1.82) is 0 Å². The Morgan fingerprint density at radius 2 is 0.529 bits per heavy atom. The first-order chi connectivity index (χ1) is 30.9. The third-order valence-corrected chi connectivity index (χ3v) is 14.2. The van der Waals surface area contributed by atoms with Crippen LogP contribution in [0, 0.1) is 0 Å². The maximum Gasteiger partial charge on any atom is 0.338 e. The lowest BCUT2D eigenvalue weighted by molar-refractivity contribution is -0.256. The number of hydrogen-bond acceptors (Lipinski definition) is 16. The van der Waals surface area contributed by atoms with E-state index in [2.05, 4.69) is 0 Å². The van der Waals surface area contributed by atoms with Crippen molar-refractivity contribution in [2.75, 3.05) is 0 Å². The summed E-state index contributed by atoms with van der Waals surface area (Å²) in [5.41, 5.74) is -2.95.